The van der Waals surface area contributed by atoms with Crippen molar-refractivity contribution in [1.29, 1.82) is 0 Å². The van der Waals surface area contributed by atoms with Crippen LogP contribution in [0, 0.1) is 0 Å². The zero-order valence-electron chi connectivity index (χ0n) is 13.2. The Morgan fingerprint density at radius 1 is 1.43 bits per heavy atom. The first-order valence-corrected chi connectivity index (χ1v) is 7.75. The van der Waals surface area contributed by atoms with Gasteiger partial charge in [-0.1, -0.05) is 18.2 Å². The molecule has 0 radical (unpaired) electrons. The smallest absolute Gasteiger partial charge is 0.246 e. The van der Waals surface area contributed by atoms with E-state index in [-0.39, 0.29) is 18.6 Å². The fraction of sp³-hybridized carbons (Fsp3) is 0.471. The molecule has 124 valence electrons. The molecule has 2 atom stereocenters. The highest BCUT2D eigenvalue weighted by molar-refractivity contribution is 5.77. The number of hydrogen-bond acceptors (Lipinski definition) is 5. The van der Waals surface area contributed by atoms with Gasteiger partial charge in [-0.05, 0) is 17.7 Å². The van der Waals surface area contributed by atoms with Crippen molar-refractivity contribution >= 4 is 12.0 Å². The monoisotopic (exact) mass is 318 g/mol. The molecule has 3 rings (SSSR count). The lowest BCUT2D eigenvalue weighted by Crippen LogP contribution is -2.44. The highest BCUT2D eigenvalue weighted by Crippen LogP contribution is 2.26. The van der Waals surface area contributed by atoms with Crippen LogP contribution in [0.4, 0.5) is 0 Å². The number of aliphatic hydroxyl groups is 1. The zero-order valence-corrected chi connectivity index (χ0v) is 13.2. The van der Waals surface area contributed by atoms with Gasteiger partial charge in [0.15, 0.2) is 0 Å². The number of rotatable bonds is 5. The summed E-state index contributed by atoms with van der Waals surface area (Å²) >= 11 is 0. The van der Waals surface area contributed by atoms with Gasteiger partial charge in [0.05, 0.1) is 12.1 Å². The lowest BCUT2D eigenvalue weighted by Gasteiger charge is -2.22. The maximum absolute atomic E-state index is 11.6. The number of fused-ring (bicyclic) bond motifs is 1. The molecule has 0 bridgehead atoms. The maximum atomic E-state index is 11.6. The van der Waals surface area contributed by atoms with E-state index in [0.29, 0.717) is 19.7 Å². The molecule has 2 aliphatic heterocycles. The summed E-state index contributed by atoms with van der Waals surface area (Å²) in [6.45, 7) is 2.46. The van der Waals surface area contributed by atoms with Crippen molar-refractivity contribution in [3.63, 3.8) is 0 Å². The first-order chi connectivity index (χ1) is 11.2. The summed E-state index contributed by atoms with van der Waals surface area (Å²) in [6, 6.07) is 7.68. The number of para-hydroxylation sites is 1. The topological polar surface area (TPSA) is 71.0 Å². The number of ether oxygens (including phenoxy) is 2. The summed E-state index contributed by atoms with van der Waals surface area (Å²) in [5.74, 6) is 0.704. The summed E-state index contributed by atoms with van der Waals surface area (Å²) in [6.07, 6.45) is 1.58. The van der Waals surface area contributed by atoms with E-state index < -0.39 is 6.10 Å². The predicted molar refractivity (Wildman–Crippen MR) is 86.2 cm³/mol. The number of aliphatic hydroxyl groups excluding tert-OH is 1. The molecule has 6 heteroatoms. The van der Waals surface area contributed by atoms with Gasteiger partial charge in [-0.25, -0.2) is 0 Å². The largest absolute Gasteiger partial charge is 0.489 e. The number of carbonyl (C=O) groups excluding carboxylic acids is 1. The molecule has 1 aromatic carbocycles. The fourth-order valence-corrected chi connectivity index (χ4v) is 3.06. The summed E-state index contributed by atoms with van der Waals surface area (Å²) in [5, 5.41) is 12.9. The highest BCUT2D eigenvalue weighted by Gasteiger charge is 2.32. The van der Waals surface area contributed by atoms with Crippen molar-refractivity contribution in [2.45, 2.75) is 12.1 Å². The van der Waals surface area contributed by atoms with Gasteiger partial charge >= 0.3 is 0 Å². The number of amides is 1. The van der Waals surface area contributed by atoms with E-state index >= 15 is 0 Å². The first-order valence-electron chi connectivity index (χ1n) is 7.75. The van der Waals surface area contributed by atoms with Crippen LogP contribution in [0.25, 0.3) is 6.08 Å². The van der Waals surface area contributed by atoms with Crippen molar-refractivity contribution in [1.82, 2.24) is 10.2 Å². The molecule has 1 saturated heterocycles. The van der Waals surface area contributed by atoms with Gasteiger partial charge < -0.3 is 19.9 Å². The minimum atomic E-state index is -0.562. The second-order valence-corrected chi connectivity index (χ2v) is 6.00. The Kier molecular flexibility index (Phi) is 4.95. The van der Waals surface area contributed by atoms with Crippen LogP contribution in [0.5, 0.6) is 5.75 Å². The Morgan fingerprint density at radius 2 is 2.26 bits per heavy atom. The van der Waals surface area contributed by atoms with Crippen LogP contribution in [0.2, 0.25) is 0 Å². The minimum Gasteiger partial charge on any atom is -0.489 e. The molecule has 1 aromatic rings. The van der Waals surface area contributed by atoms with Crippen molar-refractivity contribution in [3.8, 4) is 5.75 Å². The summed E-state index contributed by atoms with van der Waals surface area (Å²) in [5.41, 5.74) is 2.25. The Bertz CT molecular complexity index is 602. The number of carbonyl (C=O) groups is 1. The minimum absolute atomic E-state index is 0.0129. The first kappa shape index (κ1) is 16.0. The van der Waals surface area contributed by atoms with E-state index in [9.17, 15) is 9.90 Å². The van der Waals surface area contributed by atoms with Gasteiger partial charge in [0, 0.05) is 32.3 Å². The van der Waals surface area contributed by atoms with Crippen LogP contribution in [0.1, 0.15) is 5.56 Å². The molecule has 1 amide bonds. The lowest BCUT2D eigenvalue weighted by molar-refractivity contribution is -0.125. The van der Waals surface area contributed by atoms with Crippen LogP contribution in [0.15, 0.2) is 29.8 Å². The molecule has 0 spiro atoms. The van der Waals surface area contributed by atoms with Gasteiger partial charge in [-0.2, -0.15) is 0 Å². The van der Waals surface area contributed by atoms with Gasteiger partial charge in [-0.3, -0.25) is 9.69 Å². The Hall–Kier alpha value is -1.89. The average molecular weight is 318 g/mol. The summed E-state index contributed by atoms with van der Waals surface area (Å²) < 4.78 is 10.6. The third-order valence-corrected chi connectivity index (χ3v) is 4.10. The number of nitrogens with zero attached hydrogens (tertiary/aromatic N) is 1. The molecule has 6 nitrogen and oxygen atoms in total. The van der Waals surface area contributed by atoms with Crippen molar-refractivity contribution in [3.05, 3.63) is 35.4 Å². The van der Waals surface area contributed by atoms with E-state index in [1.165, 1.54) is 12.7 Å². The third-order valence-electron chi connectivity index (χ3n) is 4.10. The zero-order chi connectivity index (χ0) is 16.2. The van der Waals surface area contributed by atoms with Gasteiger partial charge in [0.1, 0.15) is 19.0 Å². The molecule has 0 aromatic heterocycles. The quantitative estimate of drug-likeness (QED) is 0.815. The third kappa shape index (κ3) is 3.90. The van der Waals surface area contributed by atoms with E-state index in [2.05, 4.69) is 16.3 Å². The molecular formula is C17H22N2O4. The molecule has 2 heterocycles. The Labute approximate surface area is 135 Å². The van der Waals surface area contributed by atoms with E-state index in [1.807, 2.05) is 24.3 Å². The predicted octanol–water partition coefficient (Wildman–Crippen LogP) is 0.270. The molecule has 0 aliphatic carbocycles. The molecule has 23 heavy (non-hydrogen) atoms. The standard InChI is InChI=1S/C17H22N2O4/c1-22-11-17(21)18-14-8-19(9-15(14)20)7-12-6-13-4-2-3-5-16(13)23-10-12/h2-6,14-15,20H,7-11H2,1H3,(H,18,21)/t14-,15-/m1/s1. The number of benzene rings is 1. The van der Waals surface area contributed by atoms with Crippen molar-refractivity contribution in [2.24, 2.45) is 0 Å². The summed E-state index contributed by atoms with van der Waals surface area (Å²) in [4.78, 5) is 13.7. The molecule has 2 N–H and O–H groups in total. The van der Waals surface area contributed by atoms with Crippen LogP contribution < -0.4 is 10.1 Å². The highest BCUT2D eigenvalue weighted by atomic mass is 16.5. The maximum Gasteiger partial charge on any atom is 0.246 e. The normalized spacial score (nSPS) is 23.8. The van der Waals surface area contributed by atoms with Gasteiger partial charge in [0.25, 0.3) is 0 Å². The average Bonchev–Trinajstić information content (AvgIpc) is 2.87. The van der Waals surface area contributed by atoms with Crippen LogP contribution >= 0.6 is 0 Å². The number of hydrogen-bond donors (Lipinski definition) is 2. The lowest BCUT2D eigenvalue weighted by atomic mass is 10.1. The van der Waals surface area contributed by atoms with Gasteiger partial charge in [0.2, 0.25) is 5.91 Å². The van der Waals surface area contributed by atoms with Crippen molar-refractivity contribution < 1.29 is 19.4 Å². The molecule has 2 aliphatic rings. The van der Waals surface area contributed by atoms with E-state index in [1.54, 1.807) is 0 Å². The fourth-order valence-electron chi connectivity index (χ4n) is 3.06. The van der Waals surface area contributed by atoms with Crippen molar-refractivity contribution in [2.75, 3.05) is 40.0 Å². The van der Waals surface area contributed by atoms with Crippen LogP contribution in [-0.4, -0.2) is 68.0 Å². The number of β-amino-alcohol motifs (C(OH)–C–C–N with tert-alkyl or cyclic N) is 1. The molecular weight excluding hydrogens is 296 g/mol. The molecule has 0 saturated carbocycles. The van der Waals surface area contributed by atoms with E-state index in [4.69, 9.17) is 9.47 Å². The SMILES string of the molecule is COCC(=O)N[C@@H]1CN(CC2=Cc3ccccc3OC2)C[C@H]1O. The molecule has 0 unspecified atom stereocenters. The Balaban J connectivity index is 1.58. The van der Waals surface area contributed by atoms with E-state index in [0.717, 1.165) is 17.9 Å². The number of methoxy groups -OCH3 is 1. The van der Waals surface area contributed by atoms with Gasteiger partial charge in [-0.15, -0.1) is 0 Å². The van der Waals surface area contributed by atoms with Crippen LogP contribution in [-0.2, 0) is 9.53 Å². The Morgan fingerprint density at radius 3 is 3.09 bits per heavy atom. The second kappa shape index (κ2) is 7.12. The number of nitrogens with one attached hydrogen (secondary N) is 1. The molecule has 1 fully saturated rings. The van der Waals surface area contributed by atoms with Crippen LogP contribution in [0.3, 0.4) is 0 Å². The second-order valence-electron chi connectivity index (χ2n) is 6.00. The summed E-state index contributed by atoms with van der Waals surface area (Å²) in [7, 11) is 1.48. The number of likely N-dealkylation sites (tertiary alicyclic amines) is 1.